The van der Waals surface area contributed by atoms with Gasteiger partial charge in [0.25, 0.3) is 0 Å². The maximum atomic E-state index is 11.9. The fourth-order valence-electron chi connectivity index (χ4n) is 1.79. The first kappa shape index (κ1) is 19.6. The Bertz CT molecular complexity index is 824. The number of hydrogen-bond acceptors (Lipinski definition) is 6. The SMILES string of the molecule is CS(=O)(=O)CCOCc1csc(NC(=O)NCc2cccc(Cl)c2)n1. The number of carbonyl (C=O) groups is 1. The van der Waals surface area contributed by atoms with E-state index in [0.717, 1.165) is 11.8 Å². The van der Waals surface area contributed by atoms with Gasteiger partial charge in [-0.2, -0.15) is 0 Å². The lowest BCUT2D eigenvalue weighted by atomic mass is 10.2. The van der Waals surface area contributed by atoms with Crippen molar-refractivity contribution in [1.29, 1.82) is 0 Å². The molecule has 0 saturated heterocycles. The van der Waals surface area contributed by atoms with Gasteiger partial charge in [-0.3, -0.25) is 5.32 Å². The lowest BCUT2D eigenvalue weighted by molar-refractivity contribution is 0.133. The van der Waals surface area contributed by atoms with Crippen molar-refractivity contribution in [2.24, 2.45) is 0 Å². The van der Waals surface area contributed by atoms with E-state index in [9.17, 15) is 13.2 Å². The minimum absolute atomic E-state index is 0.0336. The first-order valence-corrected chi connectivity index (χ1v) is 10.6. The van der Waals surface area contributed by atoms with E-state index in [1.165, 1.54) is 11.3 Å². The van der Waals surface area contributed by atoms with Crippen LogP contribution in [0.1, 0.15) is 11.3 Å². The molecule has 2 aromatic rings. The predicted molar refractivity (Wildman–Crippen MR) is 98.8 cm³/mol. The Kier molecular flexibility index (Phi) is 7.18. The number of amides is 2. The second kappa shape index (κ2) is 9.14. The topological polar surface area (TPSA) is 97.4 Å². The number of sulfone groups is 1. The van der Waals surface area contributed by atoms with Crippen LogP contribution in [0.5, 0.6) is 0 Å². The highest BCUT2D eigenvalue weighted by atomic mass is 35.5. The highest BCUT2D eigenvalue weighted by Crippen LogP contribution is 2.16. The summed E-state index contributed by atoms with van der Waals surface area (Å²) in [6.45, 7) is 0.649. The lowest BCUT2D eigenvalue weighted by Gasteiger charge is -2.06. The smallest absolute Gasteiger partial charge is 0.321 e. The second-order valence-electron chi connectivity index (χ2n) is 5.26. The Morgan fingerprint density at radius 2 is 2.20 bits per heavy atom. The molecule has 2 N–H and O–H groups in total. The Hall–Kier alpha value is -1.68. The van der Waals surface area contributed by atoms with Crippen molar-refractivity contribution in [1.82, 2.24) is 10.3 Å². The number of urea groups is 1. The van der Waals surface area contributed by atoms with Gasteiger partial charge in [0.2, 0.25) is 0 Å². The summed E-state index contributed by atoms with van der Waals surface area (Å²) < 4.78 is 27.2. The number of carbonyl (C=O) groups excluding carboxylic acids is 1. The molecule has 1 heterocycles. The number of anilines is 1. The molecule has 0 spiro atoms. The first-order valence-electron chi connectivity index (χ1n) is 7.31. The van der Waals surface area contributed by atoms with Crippen LogP contribution >= 0.6 is 22.9 Å². The molecule has 0 atom stereocenters. The van der Waals surface area contributed by atoms with Gasteiger partial charge in [0.1, 0.15) is 9.84 Å². The van der Waals surface area contributed by atoms with Crippen molar-refractivity contribution in [3.05, 3.63) is 45.9 Å². The van der Waals surface area contributed by atoms with Crippen molar-refractivity contribution in [2.45, 2.75) is 13.2 Å². The molecule has 7 nitrogen and oxygen atoms in total. The van der Waals surface area contributed by atoms with E-state index in [0.29, 0.717) is 22.4 Å². The van der Waals surface area contributed by atoms with E-state index in [1.54, 1.807) is 17.5 Å². The van der Waals surface area contributed by atoms with Crippen LogP contribution < -0.4 is 10.6 Å². The maximum Gasteiger partial charge on any atom is 0.321 e. The number of benzene rings is 1. The lowest BCUT2D eigenvalue weighted by Crippen LogP contribution is -2.28. The van der Waals surface area contributed by atoms with Crippen LogP contribution in [0.2, 0.25) is 5.02 Å². The zero-order valence-corrected chi connectivity index (χ0v) is 15.9. The Labute approximate surface area is 155 Å². The van der Waals surface area contributed by atoms with Crippen LogP contribution in [0.15, 0.2) is 29.6 Å². The van der Waals surface area contributed by atoms with Crippen LogP contribution in [-0.2, 0) is 27.7 Å². The largest absolute Gasteiger partial charge is 0.374 e. The van der Waals surface area contributed by atoms with Crippen LogP contribution in [0.25, 0.3) is 0 Å². The zero-order chi connectivity index (χ0) is 18.3. The summed E-state index contributed by atoms with van der Waals surface area (Å²) in [5, 5.41) is 8.14. The fourth-order valence-corrected chi connectivity index (χ4v) is 3.11. The predicted octanol–water partition coefficient (Wildman–Crippen LogP) is 2.68. The number of hydrogen-bond donors (Lipinski definition) is 2. The van der Waals surface area contributed by atoms with E-state index in [-0.39, 0.29) is 25.0 Å². The molecule has 10 heteroatoms. The molecule has 0 aliphatic carbocycles. The first-order chi connectivity index (χ1) is 11.8. The van der Waals surface area contributed by atoms with E-state index in [2.05, 4.69) is 15.6 Å². The number of ether oxygens (including phenoxy) is 1. The van der Waals surface area contributed by atoms with Gasteiger partial charge in [-0.25, -0.2) is 18.2 Å². The zero-order valence-electron chi connectivity index (χ0n) is 13.5. The molecule has 1 aromatic heterocycles. The number of aromatic nitrogens is 1. The van der Waals surface area contributed by atoms with Crippen molar-refractivity contribution in [3.8, 4) is 0 Å². The standard InChI is InChI=1S/C15H18ClN3O4S2/c1-25(21,22)6-5-23-9-13-10-24-15(18-13)19-14(20)17-8-11-3-2-4-12(16)7-11/h2-4,7,10H,5-6,8-9H2,1H3,(H2,17,18,19,20). The quantitative estimate of drug-likeness (QED) is 0.660. The van der Waals surface area contributed by atoms with Gasteiger partial charge >= 0.3 is 6.03 Å². The maximum absolute atomic E-state index is 11.9. The number of thiazole rings is 1. The summed E-state index contributed by atoms with van der Waals surface area (Å²) in [6, 6.07) is 6.84. The highest BCUT2D eigenvalue weighted by molar-refractivity contribution is 7.90. The van der Waals surface area contributed by atoms with Gasteiger partial charge in [0.05, 0.1) is 24.7 Å². The van der Waals surface area contributed by atoms with Gasteiger partial charge in [0, 0.05) is 23.2 Å². The van der Waals surface area contributed by atoms with Gasteiger partial charge in [0.15, 0.2) is 5.13 Å². The van der Waals surface area contributed by atoms with E-state index < -0.39 is 9.84 Å². The van der Waals surface area contributed by atoms with E-state index in [1.807, 2.05) is 12.1 Å². The molecule has 0 bridgehead atoms. The number of halogens is 1. The molecule has 0 aliphatic rings. The summed E-state index contributed by atoms with van der Waals surface area (Å²) in [4.78, 5) is 16.1. The molecule has 25 heavy (non-hydrogen) atoms. The molecular formula is C15H18ClN3O4S2. The van der Waals surface area contributed by atoms with Crippen LogP contribution in [-0.4, -0.2) is 38.0 Å². The molecule has 136 valence electrons. The van der Waals surface area contributed by atoms with E-state index in [4.69, 9.17) is 16.3 Å². The molecule has 0 aliphatic heterocycles. The number of nitrogens with zero attached hydrogens (tertiary/aromatic N) is 1. The van der Waals surface area contributed by atoms with E-state index >= 15 is 0 Å². The molecule has 2 rings (SSSR count). The summed E-state index contributed by atoms with van der Waals surface area (Å²) in [6.07, 6.45) is 1.16. The molecule has 0 unspecified atom stereocenters. The molecular weight excluding hydrogens is 386 g/mol. The average molecular weight is 404 g/mol. The van der Waals surface area contributed by atoms with Gasteiger partial charge in [-0.1, -0.05) is 23.7 Å². The van der Waals surface area contributed by atoms with Crippen LogP contribution in [0.3, 0.4) is 0 Å². The third-order valence-corrected chi connectivity index (χ3v) is 4.91. The number of rotatable bonds is 8. The normalized spacial score (nSPS) is 11.3. The summed E-state index contributed by atoms with van der Waals surface area (Å²) >= 11 is 7.15. The van der Waals surface area contributed by atoms with Crippen molar-refractivity contribution in [2.75, 3.05) is 23.9 Å². The second-order valence-corrected chi connectivity index (χ2v) is 8.82. The number of nitrogens with one attached hydrogen (secondary N) is 2. The summed E-state index contributed by atoms with van der Waals surface area (Å²) in [7, 11) is -3.04. The van der Waals surface area contributed by atoms with Crippen molar-refractivity contribution in [3.63, 3.8) is 0 Å². The van der Waals surface area contributed by atoms with Gasteiger partial charge in [-0.15, -0.1) is 11.3 Å². The molecule has 0 saturated carbocycles. The van der Waals surface area contributed by atoms with Crippen molar-refractivity contribution < 1.29 is 17.9 Å². The monoisotopic (exact) mass is 403 g/mol. The van der Waals surface area contributed by atoms with Gasteiger partial charge < -0.3 is 10.1 Å². The molecule has 2 amide bonds. The molecule has 0 fully saturated rings. The van der Waals surface area contributed by atoms with Gasteiger partial charge in [-0.05, 0) is 17.7 Å². The van der Waals surface area contributed by atoms with Crippen molar-refractivity contribution >= 4 is 43.9 Å². The molecule has 0 radical (unpaired) electrons. The Balaban J connectivity index is 1.73. The minimum Gasteiger partial charge on any atom is -0.374 e. The fraction of sp³-hybridized carbons (Fsp3) is 0.333. The summed E-state index contributed by atoms with van der Waals surface area (Å²) in [5.41, 5.74) is 1.52. The Morgan fingerprint density at radius 1 is 1.40 bits per heavy atom. The third-order valence-electron chi connectivity index (χ3n) is 2.96. The Morgan fingerprint density at radius 3 is 2.92 bits per heavy atom. The highest BCUT2D eigenvalue weighted by Gasteiger charge is 2.07. The van der Waals surface area contributed by atoms with Crippen LogP contribution in [0.4, 0.5) is 9.93 Å². The average Bonchev–Trinajstić information content (AvgIpc) is 2.96. The third kappa shape index (κ3) is 7.82. The minimum atomic E-state index is -3.04. The molecule has 1 aromatic carbocycles. The summed E-state index contributed by atoms with van der Waals surface area (Å²) in [5.74, 6) is -0.0336. The van der Waals surface area contributed by atoms with Crippen LogP contribution in [0, 0.1) is 0 Å².